The highest BCUT2D eigenvalue weighted by Gasteiger charge is 2.05. The van der Waals surface area contributed by atoms with Gasteiger partial charge in [-0.05, 0) is 26.0 Å². The second kappa shape index (κ2) is 3.10. The van der Waals surface area contributed by atoms with E-state index in [9.17, 15) is 0 Å². The smallest absolute Gasteiger partial charge is 0.157 e. The van der Waals surface area contributed by atoms with Crippen molar-refractivity contribution in [2.45, 2.75) is 13.8 Å². The predicted octanol–water partition coefficient (Wildman–Crippen LogP) is 0.861. The molecule has 2 aromatic heterocycles. The zero-order valence-corrected chi connectivity index (χ0v) is 8.10. The Kier molecular flexibility index (Phi) is 1.92. The summed E-state index contributed by atoms with van der Waals surface area (Å²) in [4.78, 5) is 8.34. The van der Waals surface area contributed by atoms with Crippen molar-refractivity contribution in [1.82, 2.24) is 19.7 Å². The minimum atomic E-state index is 0.482. The topological polar surface area (TPSA) is 69.6 Å². The van der Waals surface area contributed by atoms with Gasteiger partial charge in [0, 0.05) is 0 Å². The third kappa shape index (κ3) is 1.44. The van der Waals surface area contributed by atoms with Crippen LogP contribution >= 0.6 is 0 Å². The van der Waals surface area contributed by atoms with Crippen LogP contribution in [0.5, 0.6) is 0 Å². The van der Waals surface area contributed by atoms with E-state index >= 15 is 0 Å². The largest absolute Gasteiger partial charge is 0.384 e. The Hall–Kier alpha value is -1.91. The highest BCUT2D eigenvalue weighted by atomic mass is 15.4. The van der Waals surface area contributed by atoms with Crippen LogP contribution in [0.15, 0.2) is 18.2 Å². The Balaban J connectivity index is 2.54. The Labute approximate surface area is 81.6 Å². The fourth-order valence-electron chi connectivity index (χ4n) is 1.30. The molecule has 0 radical (unpaired) electrons. The van der Waals surface area contributed by atoms with Gasteiger partial charge in [-0.25, -0.2) is 9.97 Å². The number of aryl methyl sites for hydroxylation is 2. The maximum absolute atomic E-state index is 5.58. The van der Waals surface area contributed by atoms with E-state index in [1.165, 1.54) is 0 Å². The average molecular weight is 189 g/mol. The molecule has 2 heterocycles. The van der Waals surface area contributed by atoms with Gasteiger partial charge in [0.2, 0.25) is 0 Å². The van der Waals surface area contributed by atoms with E-state index in [1.807, 2.05) is 26.0 Å². The lowest BCUT2D eigenvalue weighted by Crippen LogP contribution is -2.03. The average Bonchev–Trinajstić information content (AvgIpc) is 2.45. The molecule has 2 aromatic rings. The summed E-state index contributed by atoms with van der Waals surface area (Å²) in [7, 11) is 0. The van der Waals surface area contributed by atoms with Crippen LogP contribution in [0, 0.1) is 13.8 Å². The van der Waals surface area contributed by atoms with E-state index in [4.69, 9.17) is 5.73 Å². The molecule has 0 saturated carbocycles. The molecule has 0 aliphatic carbocycles. The van der Waals surface area contributed by atoms with Gasteiger partial charge in [-0.2, -0.15) is 4.68 Å². The molecule has 0 unspecified atom stereocenters. The first-order valence-electron chi connectivity index (χ1n) is 4.30. The summed E-state index contributed by atoms with van der Waals surface area (Å²) in [6, 6.07) is 5.42. The van der Waals surface area contributed by atoms with Gasteiger partial charge in [0.1, 0.15) is 17.5 Å². The molecule has 2 rings (SSSR count). The SMILES string of the molecule is Cc1nc(C)n(-c2cccc(N)n2)n1. The van der Waals surface area contributed by atoms with Crippen LogP contribution in [-0.2, 0) is 0 Å². The number of nitrogens with zero attached hydrogens (tertiary/aromatic N) is 4. The molecule has 5 heteroatoms. The first-order chi connectivity index (χ1) is 6.66. The minimum Gasteiger partial charge on any atom is -0.384 e. The van der Waals surface area contributed by atoms with E-state index in [-0.39, 0.29) is 0 Å². The van der Waals surface area contributed by atoms with Crippen molar-refractivity contribution in [3.05, 3.63) is 29.8 Å². The first-order valence-corrected chi connectivity index (χ1v) is 4.30. The summed E-state index contributed by atoms with van der Waals surface area (Å²) in [6.45, 7) is 3.72. The Morgan fingerprint density at radius 1 is 1.21 bits per heavy atom. The monoisotopic (exact) mass is 189 g/mol. The molecule has 0 spiro atoms. The molecule has 0 aliphatic rings. The molecule has 0 bridgehead atoms. The van der Waals surface area contributed by atoms with E-state index in [2.05, 4.69) is 15.1 Å². The number of hydrogen-bond donors (Lipinski definition) is 1. The fraction of sp³-hybridized carbons (Fsp3) is 0.222. The van der Waals surface area contributed by atoms with Crippen LogP contribution in [-0.4, -0.2) is 19.7 Å². The van der Waals surface area contributed by atoms with Crippen molar-refractivity contribution in [3.63, 3.8) is 0 Å². The van der Waals surface area contributed by atoms with Gasteiger partial charge >= 0.3 is 0 Å². The van der Waals surface area contributed by atoms with Crippen LogP contribution in [0.2, 0.25) is 0 Å². The number of aromatic nitrogens is 4. The molecule has 5 nitrogen and oxygen atoms in total. The van der Waals surface area contributed by atoms with Gasteiger partial charge < -0.3 is 5.73 Å². The lowest BCUT2D eigenvalue weighted by atomic mass is 10.4. The lowest BCUT2D eigenvalue weighted by molar-refractivity contribution is 0.805. The molecule has 2 N–H and O–H groups in total. The third-order valence-corrected chi connectivity index (χ3v) is 1.85. The van der Waals surface area contributed by atoms with E-state index < -0.39 is 0 Å². The summed E-state index contributed by atoms with van der Waals surface area (Å²) < 4.78 is 1.67. The molecule has 0 atom stereocenters. The second-order valence-corrected chi connectivity index (χ2v) is 3.04. The Bertz CT molecular complexity index is 460. The van der Waals surface area contributed by atoms with Gasteiger partial charge in [0.05, 0.1) is 0 Å². The summed E-state index contributed by atoms with van der Waals surface area (Å²) in [5.74, 6) is 2.71. The molecule has 0 amide bonds. The summed E-state index contributed by atoms with van der Waals surface area (Å²) >= 11 is 0. The number of hydrogen-bond acceptors (Lipinski definition) is 4. The van der Waals surface area contributed by atoms with E-state index in [0.717, 1.165) is 11.6 Å². The number of nitrogen functional groups attached to an aromatic ring is 1. The zero-order chi connectivity index (χ0) is 10.1. The summed E-state index contributed by atoms with van der Waals surface area (Å²) in [5.41, 5.74) is 5.58. The van der Waals surface area contributed by atoms with Crippen LogP contribution in [0.3, 0.4) is 0 Å². The van der Waals surface area contributed by atoms with Gasteiger partial charge in [0.15, 0.2) is 5.82 Å². The normalized spacial score (nSPS) is 10.4. The minimum absolute atomic E-state index is 0.482. The van der Waals surface area contributed by atoms with Crippen molar-refractivity contribution in [2.75, 3.05) is 5.73 Å². The van der Waals surface area contributed by atoms with Crippen molar-refractivity contribution < 1.29 is 0 Å². The van der Waals surface area contributed by atoms with Crippen LogP contribution in [0.4, 0.5) is 5.82 Å². The van der Waals surface area contributed by atoms with Gasteiger partial charge in [-0.15, -0.1) is 5.10 Å². The van der Waals surface area contributed by atoms with Crippen LogP contribution in [0.1, 0.15) is 11.6 Å². The van der Waals surface area contributed by atoms with Gasteiger partial charge in [0.25, 0.3) is 0 Å². The maximum Gasteiger partial charge on any atom is 0.157 e. The molecule has 0 aromatic carbocycles. The lowest BCUT2D eigenvalue weighted by Gasteiger charge is -2.01. The van der Waals surface area contributed by atoms with Crippen LogP contribution in [0.25, 0.3) is 5.82 Å². The van der Waals surface area contributed by atoms with Gasteiger partial charge in [-0.1, -0.05) is 6.07 Å². The molecular formula is C9H11N5. The van der Waals surface area contributed by atoms with Crippen LogP contribution < -0.4 is 5.73 Å². The molecule has 0 fully saturated rings. The van der Waals surface area contributed by atoms with Crippen molar-refractivity contribution in [2.24, 2.45) is 0 Å². The number of nitrogens with two attached hydrogens (primary N) is 1. The summed E-state index contributed by atoms with van der Waals surface area (Å²) in [5, 5.41) is 4.21. The van der Waals surface area contributed by atoms with Gasteiger partial charge in [-0.3, -0.25) is 0 Å². The molecule has 0 aliphatic heterocycles. The molecule has 14 heavy (non-hydrogen) atoms. The molecule has 0 saturated heterocycles. The van der Waals surface area contributed by atoms with E-state index in [0.29, 0.717) is 11.6 Å². The van der Waals surface area contributed by atoms with Crippen molar-refractivity contribution in [3.8, 4) is 5.82 Å². The molecule has 72 valence electrons. The highest BCUT2D eigenvalue weighted by Crippen LogP contribution is 2.07. The van der Waals surface area contributed by atoms with Crippen molar-refractivity contribution >= 4 is 5.82 Å². The fourth-order valence-corrected chi connectivity index (χ4v) is 1.30. The maximum atomic E-state index is 5.58. The number of pyridine rings is 1. The predicted molar refractivity (Wildman–Crippen MR) is 53.0 cm³/mol. The summed E-state index contributed by atoms with van der Waals surface area (Å²) in [6.07, 6.45) is 0. The Morgan fingerprint density at radius 3 is 2.57 bits per heavy atom. The van der Waals surface area contributed by atoms with Crippen molar-refractivity contribution in [1.29, 1.82) is 0 Å². The first kappa shape index (κ1) is 8.68. The second-order valence-electron chi connectivity index (χ2n) is 3.04. The third-order valence-electron chi connectivity index (χ3n) is 1.85. The quantitative estimate of drug-likeness (QED) is 0.722. The van der Waals surface area contributed by atoms with E-state index in [1.54, 1.807) is 10.7 Å². The standard InChI is InChI=1S/C9H11N5/c1-6-11-7(2)14(13-6)9-5-3-4-8(10)12-9/h3-5H,1-2H3,(H2,10,12). The highest BCUT2D eigenvalue weighted by molar-refractivity contribution is 5.35. The Morgan fingerprint density at radius 2 is 2.00 bits per heavy atom. The molecular weight excluding hydrogens is 178 g/mol. The number of anilines is 1. The zero-order valence-electron chi connectivity index (χ0n) is 8.10. The number of rotatable bonds is 1.